The molecule has 1 N–H and O–H groups in total. The van der Waals surface area contributed by atoms with Crippen molar-refractivity contribution in [1.82, 2.24) is 15.0 Å². The van der Waals surface area contributed by atoms with Crippen LogP contribution in [0.2, 0.25) is 5.15 Å². The lowest BCUT2D eigenvalue weighted by Gasteiger charge is -2.19. The van der Waals surface area contributed by atoms with Crippen molar-refractivity contribution in [2.24, 2.45) is 0 Å². The summed E-state index contributed by atoms with van der Waals surface area (Å²) < 4.78 is 53.6. The summed E-state index contributed by atoms with van der Waals surface area (Å²) in [5, 5.41) is 13.0. The summed E-state index contributed by atoms with van der Waals surface area (Å²) in [4.78, 5) is 12.4. The Balaban J connectivity index is 1.75. The molecule has 0 saturated heterocycles. The van der Waals surface area contributed by atoms with Crippen LogP contribution in [-0.2, 0) is 11.6 Å². The maximum absolute atomic E-state index is 14.5. The van der Waals surface area contributed by atoms with E-state index in [1.165, 1.54) is 19.3 Å². The summed E-state index contributed by atoms with van der Waals surface area (Å²) in [6, 6.07) is 6.20. The Morgan fingerprint density at radius 2 is 2.00 bits per heavy atom. The number of nitrogens with one attached hydrogen (secondary N) is 1. The van der Waals surface area contributed by atoms with Crippen LogP contribution in [0.5, 0.6) is 0 Å². The first kappa shape index (κ1) is 20.3. The number of benzene rings is 1. The highest BCUT2D eigenvalue weighted by Crippen LogP contribution is 2.50. The standard InChI is InChI=1S/C20H14ClF4N5/c1-10(11-3-2-4-13(15(11)22)20(23,24)25)29-17-12-7-14(19(8-26)5-6-19)16(21)30-18(12)28-9-27-17/h2-4,7,9-10H,5-6H2,1H3,(H,27,28,29,30)/t10-/m1/s1. The fourth-order valence-electron chi connectivity index (χ4n) is 3.37. The number of alkyl halides is 3. The van der Waals surface area contributed by atoms with E-state index in [1.54, 1.807) is 6.07 Å². The van der Waals surface area contributed by atoms with Gasteiger partial charge in [-0.2, -0.15) is 18.4 Å². The van der Waals surface area contributed by atoms with Crippen molar-refractivity contribution in [3.8, 4) is 6.07 Å². The second-order valence-electron chi connectivity index (χ2n) is 7.19. The number of hydrogen-bond donors (Lipinski definition) is 1. The number of aromatic nitrogens is 3. The molecule has 1 aromatic carbocycles. The molecule has 2 heterocycles. The number of nitriles is 1. The molecule has 0 amide bonds. The smallest absolute Gasteiger partial charge is 0.363 e. The van der Waals surface area contributed by atoms with Crippen molar-refractivity contribution in [3.05, 3.63) is 58.3 Å². The van der Waals surface area contributed by atoms with Gasteiger partial charge in [-0.25, -0.2) is 19.3 Å². The molecular formula is C20H14ClF4N5. The molecule has 3 aromatic rings. The van der Waals surface area contributed by atoms with Gasteiger partial charge in [0.05, 0.1) is 28.5 Å². The lowest BCUT2D eigenvalue weighted by molar-refractivity contribution is -0.140. The van der Waals surface area contributed by atoms with E-state index in [0.717, 1.165) is 6.07 Å². The Morgan fingerprint density at radius 1 is 1.27 bits per heavy atom. The third-order valence-electron chi connectivity index (χ3n) is 5.21. The Hall–Kier alpha value is -2.99. The second kappa shape index (κ2) is 7.06. The van der Waals surface area contributed by atoms with E-state index in [-0.39, 0.29) is 22.2 Å². The van der Waals surface area contributed by atoms with Crippen LogP contribution < -0.4 is 5.32 Å². The molecule has 5 nitrogen and oxygen atoms in total. The predicted octanol–water partition coefficient (Wildman–Crippen LogP) is 5.56. The zero-order valence-corrected chi connectivity index (χ0v) is 16.3. The largest absolute Gasteiger partial charge is 0.419 e. The van der Waals surface area contributed by atoms with Gasteiger partial charge in [-0.15, -0.1) is 0 Å². The molecule has 0 aliphatic heterocycles. The maximum atomic E-state index is 14.5. The Morgan fingerprint density at radius 3 is 2.63 bits per heavy atom. The number of fused-ring (bicyclic) bond motifs is 1. The lowest BCUT2D eigenvalue weighted by Crippen LogP contribution is -2.15. The molecule has 0 radical (unpaired) electrons. The van der Waals surface area contributed by atoms with Crippen molar-refractivity contribution in [3.63, 3.8) is 0 Å². The van der Waals surface area contributed by atoms with Crippen molar-refractivity contribution in [2.75, 3.05) is 5.32 Å². The third kappa shape index (κ3) is 3.41. The molecule has 1 aliphatic rings. The van der Waals surface area contributed by atoms with Crippen LogP contribution in [0.15, 0.2) is 30.6 Å². The van der Waals surface area contributed by atoms with E-state index in [4.69, 9.17) is 11.6 Å². The molecular weight excluding hydrogens is 422 g/mol. The van der Waals surface area contributed by atoms with Gasteiger partial charge in [0, 0.05) is 11.1 Å². The molecule has 10 heteroatoms. The highest BCUT2D eigenvalue weighted by Gasteiger charge is 2.47. The van der Waals surface area contributed by atoms with Crippen molar-refractivity contribution in [2.45, 2.75) is 37.4 Å². The summed E-state index contributed by atoms with van der Waals surface area (Å²) in [6.45, 7) is 1.52. The van der Waals surface area contributed by atoms with Gasteiger partial charge in [-0.1, -0.05) is 23.7 Å². The SMILES string of the molecule is C[C@@H](Nc1ncnc2nc(Cl)c(C3(C#N)CC3)cc12)c1cccc(C(F)(F)F)c1F. The predicted molar refractivity (Wildman–Crippen MR) is 102 cm³/mol. The summed E-state index contributed by atoms with van der Waals surface area (Å²) in [7, 11) is 0. The summed E-state index contributed by atoms with van der Waals surface area (Å²) in [5.74, 6) is -1.09. The second-order valence-corrected chi connectivity index (χ2v) is 7.54. The average Bonchev–Trinajstić information content (AvgIpc) is 3.48. The Kier molecular flexibility index (Phi) is 4.77. The van der Waals surface area contributed by atoms with Gasteiger partial charge in [0.1, 0.15) is 23.1 Å². The van der Waals surface area contributed by atoms with Crippen LogP contribution in [0.3, 0.4) is 0 Å². The number of hydrogen-bond acceptors (Lipinski definition) is 5. The first-order valence-corrected chi connectivity index (χ1v) is 9.39. The van der Waals surface area contributed by atoms with E-state index < -0.39 is 29.0 Å². The minimum Gasteiger partial charge on any atom is -0.363 e. The number of nitrogens with zero attached hydrogens (tertiary/aromatic N) is 4. The van der Waals surface area contributed by atoms with Crippen molar-refractivity contribution < 1.29 is 17.6 Å². The molecule has 0 unspecified atom stereocenters. The summed E-state index contributed by atoms with van der Waals surface area (Å²) in [5.41, 5.74) is -1.39. The molecule has 154 valence electrons. The first-order valence-electron chi connectivity index (χ1n) is 9.01. The molecule has 1 fully saturated rings. The topological polar surface area (TPSA) is 74.5 Å². The van der Waals surface area contributed by atoms with Gasteiger partial charge in [0.2, 0.25) is 0 Å². The zero-order valence-electron chi connectivity index (χ0n) is 15.6. The van der Waals surface area contributed by atoms with Gasteiger partial charge in [0.15, 0.2) is 5.65 Å². The van der Waals surface area contributed by atoms with Gasteiger partial charge in [-0.05, 0) is 31.9 Å². The van der Waals surface area contributed by atoms with E-state index in [9.17, 15) is 22.8 Å². The quantitative estimate of drug-likeness (QED) is 0.428. The lowest BCUT2D eigenvalue weighted by atomic mass is 9.98. The van der Waals surface area contributed by atoms with Gasteiger partial charge < -0.3 is 5.32 Å². The third-order valence-corrected chi connectivity index (χ3v) is 5.50. The number of anilines is 1. The van der Waals surface area contributed by atoms with Gasteiger partial charge in [0.25, 0.3) is 0 Å². The van der Waals surface area contributed by atoms with Crippen LogP contribution in [0, 0.1) is 17.1 Å². The average molecular weight is 436 g/mol. The molecule has 1 atom stereocenters. The molecule has 0 spiro atoms. The maximum Gasteiger partial charge on any atom is 0.419 e. The van der Waals surface area contributed by atoms with Crippen LogP contribution in [0.4, 0.5) is 23.4 Å². The monoisotopic (exact) mass is 435 g/mol. The van der Waals surface area contributed by atoms with E-state index >= 15 is 0 Å². The molecule has 2 aromatic heterocycles. The molecule has 0 bridgehead atoms. The number of rotatable bonds is 4. The molecule has 1 saturated carbocycles. The van der Waals surface area contributed by atoms with Crippen LogP contribution in [0.1, 0.15) is 42.5 Å². The number of halogens is 5. The van der Waals surface area contributed by atoms with E-state index in [1.807, 2.05) is 0 Å². The van der Waals surface area contributed by atoms with E-state index in [2.05, 4.69) is 26.3 Å². The summed E-state index contributed by atoms with van der Waals surface area (Å²) in [6.07, 6.45) is -2.27. The van der Waals surface area contributed by atoms with E-state index in [0.29, 0.717) is 29.9 Å². The minimum absolute atomic E-state index is 0.158. The molecule has 1 aliphatic carbocycles. The Bertz CT molecular complexity index is 1180. The van der Waals surface area contributed by atoms with Crippen molar-refractivity contribution >= 4 is 28.5 Å². The van der Waals surface area contributed by atoms with Crippen LogP contribution in [-0.4, -0.2) is 15.0 Å². The fourth-order valence-corrected chi connectivity index (χ4v) is 3.68. The molecule has 30 heavy (non-hydrogen) atoms. The van der Waals surface area contributed by atoms with Crippen LogP contribution in [0.25, 0.3) is 11.0 Å². The Labute approximate surface area is 173 Å². The zero-order chi connectivity index (χ0) is 21.7. The summed E-state index contributed by atoms with van der Waals surface area (Å²) >= 11 is 6.24. The fraction of sp³-hybridized carbons (Fsp3) is 0.300. The highest BCUT2D eigenvalue weighted by molar-refractivity contribution is 6.30. The van der Waals surface area contributed by atoms with Crippen LogP contribution >= 0.6 is 11.6 Å². The minimum atomic E-state index is -4.80. The highest BCUT2D eigenvalue weighted by atomic mass is 35.5. The normalized spacial score (nSPS) is 16.2. The number of pyridine rings is 1. The van der Waals surface area contributed by atoms with Gasteiger partial charge >= 0.3 is 6.18 Å². The van der Waals surface area contributed by atoms with Gasteiger partial charge in [-0.3, -0.25) is 0 Å². The molecule has 4 rings (SSSR count). The van der Waals surface area contributed by atoms with Crippen molar-refractivity contribution in [1.29, 1.82) is 5.26 Å². The first-order chi connectivity index (χ1) is 14.2.